The van der Waals surface area contributed by atoms with Crippen molar-refractivity contribution in [2.75, 3.05) is 0 Å². The lowest BCUT2D eigenvalue weighted by Crippen LogP contribution is -2.02. The van der Waals surface area contributed by atoms with Gasteiger partial charge in [0.1, 0.15) is 11.6 Å². The van der Waals surface area contributed by atoms with Gasteiger partial charge in [0.2, 0.25) is 0 Å². The summed E-state index contributed by atoms with van der Waals surface area (Å²) in [5, 5.41) is 8.71. The van der Waals surface area contributed by atoms with Crippen LogP contribution in [0.25, 0.3) is 22.3 Å². The topological polar surface area (TPSA) is 25.8 Å². The molecule has 1 aromatic heterocycles. The fraction of sp³-hybridized carbons (Fsp3) is 0.111. The molecule has 1 heterocycles. The molecule has 0 spiro atoms. The molecule has 0 amide bonds. The zero-order valence-electron chi connectivity index (χ0n) is 12.6. The number of hydrogen-bond donors (Lipinski definition) is 0. The van der Waals surface area contributed by atoms with Gasteiger partial charge in [0.05, 0.1) is 17.0 Å². The lowest BCUT2D eigenvalue weighted by atomic mass is 9.92. The zero-order valence-corrected chi connectivity index (χ0v) is 13.3. The van der Waals surface area contributed by atoms with Crippen molar-refractivity contribution >= 4 is 11.6 Å². The molecule has 5 heteroatoms. The van der Waals surface area contributed by atoms with Crippen molar-refractivity contribution in [3.05, 3.63) is 70.5 Å². The molecule has 3 aromatic rings. The Kier molecular flexibility index (Phi) is 4.09. The fourth-order valence-corrected chi connectivity index (χ4v) is 2.75. The lowest BCUT2D eigenvalue weighted by molar-refractivity contribution is 0.589. The molecular weight excluding hydrogens is 318 g/mol. The molecule has 116 valence electrons. The van der Waals surface area contributed by atoms with Crippen LogP contribution in [0.2, 0.25) is 5.02 Å². The third kappa shape index (κ3) is 2.82. The largest absolute Gasteiger partial charge is 0.206 e. The van der Waals surface area contributed by atoms with Crippen molar-refractivity contribution in [1.82, 2.24) is 10.2 Å². The van der Waals surface area contributed by atoms with Gasteiger partial charge in [-0.3, -0.25) is 0 Å². The summed E-state index contributed by atoms with van der Waals surface area (Å²) in [6.45, 7) is 3.45. The third-order valence-corrected chi connectivity index (χ3v) is 3.92. The van der Waals surface area contributed by atoms with Crippen LogP contribution < -0.4 is 0 Å². The van der Waals surface area contributed by atoms with E-state index in [-0.39, 0.29) is 5.56 Å². The smallest absolute Gasteiger partial charge is 0.134 e. The van der Waals surface area contributed by atoms with Crippen LogP contribution in [0.3, 0.4) is 0 Å². The summed E-state index contributed by atoms with van der Waals surface area (Å²) in [4.78, 5) is 0. The lowest BCUT2D eigenvalue weighted by Gasteiger charge is -2.15. The molecule has 23 heavy (non-hydrogen) atoms. The van der Waals surface area contributed by atoms with Crippen molar-refractivity contribution in [1.29, 1.82) is 0 Å². The summed E-state index contributed by atoms with van der Waals surface area (Å²) in [6.07, 6.45) is 0. The van der Waals surface area contributed by atoms with E-state index in [0.717, 1.165) is 5.56 Å². The Morgan fingerprint density at radius 2 is 1.26 bits per heavy atom. The monoisotopic (exact) mass is 330 g/mol. The predicted molar refractivity (Wildman–Crippen MR) is 87.3 cm³/mol. The highest BCUT2D eigenvalue weighted by Crippen LogP contribution is 2.38. The summed E-state index contributed by atoms with van der Waals surface area (Å²) in [7, 11) is 0. The highest BCUT2D eigenvalue weighted by atomic mass is 35.5. The Labute approximate surface area is 137 Å². The molecule has 0 N–H and O–H groups in total. The maximum atomic E-state index is 14.3. The van der Waals surface area contributed by atoms with Crippen LogP contribution in [-0.2, 0) is 0 Å². The Morgan fingerprint density at radius 1 is 0.739 bits per heavy atom. The standard InChI is InChI=1S/C18H13ClF2N2/c1-10-16(12-6-8-13(19)9-7-12)17(11(2)23-22-10)18-14(20)4-3-5-15(18)21/h3-9H,1-2H3. The van der Waals surface area contributed by atoms with Gasteiger partial charge in [-0.15, -0.1) is 0 Å². The highest BCUT2D eigenvalue weighted by Gasteiger charge is 2.21. The van der Waals surface area contributed by atoms with Gasteiger partial charge in [-0.25, -0.2) is 8.78 Å². The average molecular weight is 331 g/mol. The molecule has 2 nitrogen and oxygen atoms in total. The number of aryl methyl sites for hydroxylation is 2. The second-order valence-corrected chi connectivity index (χ2v) is 5.66. The van der Waals surface area contributed by atoms with Crippen molar-refractivity contribution in [2.24, 2.45) is 0 Å². The molecule has 3 rings (SSSR count). The van der Waals surface area contributed by atoms with E-state index in [1.807, 2.05) is 0 Å². The summed E-state index contributed by atoms with van der Waals surface area (Å²) >= 11 is 5.93. The van der Waals surface area contributed by atoms with Crippen LogP contribution >= 0.6 is 11.6 Å². The Bertz CT molecular complexity index is 857. The van der Waals surface area contributed by atoms with Gasteiger partial charge >= 0.3 is 0 Å². The normalized spacial score (nSPS) is 10.8. The van der Waals surface area contributed by atoms with Crippen LogP contribution in [0, 0.1) is 25.5 Å². The molecular formula is C18H13ClF2N2. The van der Waals surface area contributed by atoms with Gasteiger partial charge < -0.3 is 0 Å². The zero-order chi connectivity index (χ0) is 16.6. The minimum atomic E-state index is -0.629. The molecule has 0 aliphatic carbocycles. The van der Waals surface area contributed by atoms with Crippen LogP contribution in [0.4, 0.5) is 8.78 Å². The quantitative estimate of drug-likeness (QED) is 0.632. The average Bonchev–Trinajstić information content (AvgIpc) is 2.52. The number of halogens is 3. The first kappa shape index (κ1) is 15.6. The second-order valence-electron chi connectivity index (χ2n) is 5.22. The first-order chi connectivity index (χ1) is 11.0. The molecule has 0 saturated heterocycles. The van der Waals surface area contributed by atoms with E-state index in [4.69, 9.17) is 11.6 Å². The summed E-state index contributed by atoms with van der Waals surface area (Å²) < 4.78 is 28.6. The number of aromatic nitrogens is 2. The molecule has 0 unspecified atom stereocenters. The number of rotatable bonds is 2. The van der Waals surface area contributed by atoms with E-state index in [9.17, 15) is 8.78 Å². The van der Waals surface area contributed by atoms with Gasteiger partial charge in [-0.1, -0.05) is 29.8 Å². The molecule has 0 bridgehead atoms. The van der Waals surface area contributed by atoms with Crippen LogP contribution in [-0.4, -0.2) is 10.2 Å². The highest BCUT2D eigenvalue weighted by molar-refractivity contribution is 6.30. The van der Waals surface area contributed by atoms with E-state index in [2.05, 4.69) is 10.2 Å². The second kappa shape index (κ2) is 6.05. The number of benzene rings is 2. The molecule has 0 atom stereocenters. The SMILES string of the molecule is Cc1nnc(C)c(-c2c(F)cccc2F)c1-c1ccc(Cl)cc1. The summed E-state index contributed by atoms with van der Waals surface area (Å²) in [5.41, 5.74) is 2.81. The van der Waals surface area contributed by atoms with Crippen molar-refractivity contribution in [3.8, 4) is 22.3 Å². The van der Waals surface area contributed by atoms with Crippen molar-refractivity contribution in [2.45, 2.75) is 13.8 Å². The first-order valence-corrected chi connectivity index (χ1v) is 7.41. The van der Waals surface area contributed by atoms with E-state index < -0.39 is 11.6 Å². The molecule has 0 radical (unpaired) electrons. The molecule has 2 aromatic carbocycles. The van der Waals surface area contributed by atoms with E-state index in [1.54, 1.807) is 38.1 Å². The minimum absolute atomic E-state index is 0.0899. The number of nitrogens with zero attached hydrogens (tertiary/aromatic N) is 2. The van der Waals surface area contributed by atoms with Crippen molar-refractivity contribution < 1.29 is 8.78 Å². The van der Waals surface area contributed by atoms with Gasteiger partial charge in [0.15, 0.2) is 0 Å². The number of hydrogen-bond acceptors (Lipinski definition) is 2. The van der Waals surface area contributed by atoms with E-state index >= 15 is 0 Å². The maximum Gasteiger partial charge on any atom is 0.134 e. The first-order valence-electron chi connectivity index (χ1n) is 7.03. The van der Waals surface area contributed by atoms with Crippen LogP contribution in [0.15, 0.2) is 42.5 Å². The van der Waals surface area contributed by atoms with E-state index in [1.165, 1.54) is 18.2 Å². The molecule has 0 saturated carbocycles. The molecule has 0 fully saturated rings. The van der Waals surface area contributed by atoms with Crippen LogP contribution in [0.1, 0.15) is 11.4 Å². The summed E-state index contributed by atoms with van der Waals surface area (Å²) in [5.74, 6) is -1.26. The Hall–Kier alpha value is -2.33. The van der Waals surface area contributed by atoms with Gasteiger partial charge in [-0.2, -0.15) is 10.2 Å². The third-order valence-electron chi connectivity index (χ3n) is 3.67. The minimum Gasteiger partial charge on any atom is -0.206 e. The Morgan fingerprint density at radius 3 is 1.83 bits per heavy atom. The van der Waals surface area contributed by atoms with Crippen molar-refractivity contribution in [3.63, 3.8) is 0 Å². The van der Waals surface area contributed by atoms with Gasteiger partial charge in [0.25, 0.3) is 0 Å². The fourth-order valence-electron chi connectivity index (χ4n) is 2.62. The van der Waals surface area contributed by atoms with Gasteiger partial charge in [-0.05, 0) is 43.7 Å². The molecule has 0 aliphatic rings. The van der Waals surface area contributed by atoms with Crippen LogP contribution in [0.5, 0.6) is 0 Å². The predicted octanol–water partition coefficient (Wildman–Crippen LogP) is 5.36. The van der Waals surface area contributed by atoms with Gasteiger partial charge in [0, 0.05) is 16.1 Å². The molecule has 0 aliphatic heterocycles. The maximum absolute atomic E-state index is 14.3. The Balaban J connectivity index is 2.37. The van der Waals surface area contributed by atoms with E-state index in [0.29, 0.717) is 27.5 Å². The summed E-state index contributed by atoms with van der Waals surface area (Å²) in [6, 6.07) is 10.9.